The van der Waals surface area contributed by atoms with E-state index in [9.17, 15) is 14.4 Å². The minimum absolute atomic E-state index is 0.0921. The van der Waals surface area contributed by atoms with Crippen molar-refractivity contribution in [3.8, 4) is 0 Å². The summed E-state index contributed by atoms with van der Waals surface area (Å²) in [5.74, 6) is -1.40. The maximum atomic E-state index is 11.7. The SMILES string of the molecule is Cc1nn(C)c(Cl)c1/C=C/C(=O)OCC(=O)NC(=O)NC1CCCCC1. The van der Waals surface area contributed by atoms with E-state index in [-0.39, 0.29) is 6.04 Å². The number of aromatic nitrogens is 2. The van der Waals surface area contributed by atoms with Crippen LogP contribution in [0, 0.1) is 6.92 Å². The molecule has 26 heavy (non-hydrogen) atoms. The Labute approximate surface area is 156 Å². The first-order chi connectivity index (χ1) is 12.4. The zero-order valence-corrected chi connectivity index (χ0v) is 15.6. The molecule has 1 aliphatic carbocycles. The third kappa shape index (κ3) is 5.87. The van der Waals surface area contributed by atoms with Crippen molar-refractivity contribution in [1.82, 2.24) is 20.4 Å². The van der Waals surface area contributed by atoms with E-state index in [1.807, 2.05) is 0 Å². The number of ether oxygens (including phenoxy) is 1. The minimum atomic E-state index is -0.716. The smallest absolute Gasteiger partial charge is 0.331 e. The number of hydrogen-bond donors (Lipinski definition) is 2. The van der Waals surface area contributed by atoms with Crippen LogP contribution in [0.1, 0.15) is 43.4 Å². The number of nitrogens with zero attached hydrogens (tertiary/aromatic N) is 2. The van der Waals surface area contributed by atoms with Gasteiger partial charge >= 0.3 is 12.0 Å². The fourth-order valence-corrected chi connectivity index (χ4v) is 3.04. The molecule has 2 N–H and O–H groups in total. The number of esters is 1. The second-order valence-electron chi connectivity index (χ2n) is 6.21. The first-order valence-corrected chi connectivity index (χ1v) is 8.89. The van der Waals surface area contributed by atoms with Crippen LogP contribution in [-0.4, -0.2) is 40.3 Å². The number of hydrogen-bond acceptors (Lipinski definition) is 5. The molecular weight excluding hydrogens is 360 g/mol. The summed E-state index contributed by atoms with van der Waals surface area (Å²) in [4.78, 5) is 35.1. The number of rotatable bonds is 5. The van der Waals surface area contributed by atoms with Crippen molar-refractivity contribution in [2.24, 2.45) is 7.05 Å². The molecule has 0 unspecified atom stereocenters. The van der Waals surface area contributed by atoms with Gasteiger partial charge in [0.2, 0.25) is 0 Å². The fourth-order valence-electron chi connectivity index (χ4n) is 2.80. The summed E-state index contributed by atoms with van der Waals surface area (Å²) in [6, 6.07) is -0.472. The van der Waals surface area contributed by atoms with Crippen molar-refractivity contribution < 1.29 is 19.1 Å². The molecule has 142 valence electrons. The molecular formula is C17H23ClN4O4. The average Bonchev–Trinajstić information content (AvgIpc) is 2.84. The Hall–Kier alpha value is -2.35. The highest BCUT2D eigenvalue weighted by Crippen LogP contribution is 2.20. The number of carbonyl (C=O) groups excluding carboxylic acids is 3. The summed E-state index contributed by atoms with van der Waals surface area (Å²) in [5, 5.41) is 9.41. The zero-order chi connectivity index (χ0) is 19.1. The van der Waals surface area contributed by atoms with Gasteiger partial charge in [0, 0.05) is 24.7 Å². The van der Waals surface area contributed by atoms with E-state index in [0.717, 1.165) is 31.8 Å². The number of carbonyl (C=O) groups is 3. The fraction of sp³-hybridized carbons (Fsp3) is 0.529. The number of amides is 3. The lowest BCUT2D eigenvalue weighted by molar-refractivity contribution is -0.143. The lowest BCUT2D eigenvalue weighted by Crippen LogP contribution is -2.46. The van der Waals surface area contributed by atoms with Crippen molar-refractivity contribution in [1.29, 1.82) is 0 Å². The second-order valence-corrected chi connectivity index (χ2v) is 6.57. The maximum absolute atomic E-state index is 11.7. The maximum Gasteiger partial charge on any atom is 0.331 e. The number of halogens is 1. The Kier molecular flexibility index (Phi) is 7.20. The van der Waals surface area contributed by atoms with Gasteiger partial charge in [0.1, 0.15) is 5.15 Å². The van der Waals surface area contributed by atoms with Crippen LogP contribution in [0.2, 0.25) is 5.15 Å². The summed E-state index contributed by atoms with van der Waals surface area (Å²) < 4.78 is 6.30. The monoisotopic (exact) mass is 382 g/mol. The first-order valence-electron chi connectivity index (χ1n) is 8.51. The third-order valence-electron chi connectivity index (χ3n) is 4.12. The lowest BCUT2D eigenvalue weighted by atomic mass is 9.96. The van der Waals surface area contributed by atoms with Crippen LogP contribution in [0.5, 0.6) is 0 Å². The quantitative estimate of drug-likeness (QED) is 0.599. The molecule has 1 fully saturated rings. The molecule has 9 heteroatoms. The van der Waals surface area contributed by atoms with Crippen molar-refractivity contribution in [2.75, 3.05) is 6.61 Å². The van der Waals surface area contributed by atoms with E-state index < -0.39 is 24.5 Å². The van der Waals surface area contributed by atoms with Crippen LogP contribution < -0.4 is 10.6 Å². The third-order valence-corrected chi connectivity index (χ3v) is 4.57. The van der Waals surface area contributed by atoms with Gasteiger partial charge in [0.05, 0.1) is 5.69 Å². The van der Waals surface area contributed by atoms with Crippen molar-refractivity contribution in [3.63, 3.8) is 0 Å². The molecule has 8 nitrogen and oxygen atoms in total. The minimum Gasteiger partial charge on any atom is -0.452 e. The summed E-state index contributed by atoms with van der Waals surface area (Å²) in [6.45, 7) is 1.22. The Morgan fingerprint density at radius 3 is 2.62 bits per heavy atom. The Bertz CT molecular complexity index is 708. The molecule has 3 amide bonds. The molecule has 0 atom stereocenters. The molecule has 0 aliphatic heterocycles. The van der Waals surface area contributed by atoms with E-state index in [4.69, 9.17) is 16.3 Å². The normalized spacial score (nSPS) is 15.0. The molecule has 1 aromatic heterocycles. The number of aryl methyl sites for hydroxylation is 2. The van der Waals surface area contributed by atoms with Crippen LogP contribution in [0.3, 0.4) is 0 Å². The van der Waals surface area contributed by atoms with Gasteiger partial charge in [-0.05, 0) is 25.8 Å². The predicted octanol–water partition coefficient (Wildman–Crippen LogP) is 2.10. The number of nitrogens with one attached hydrogen (secondary N) is 2. The zero-order valence-electron chi connectivity index (χ0n) is 14.9. The molecule has 1 heterocycles. The molecule has 0 saturated heterocycles. The second kappa shape index (κ2) is 9.38. The Balaban J connectivity index is 1.73. The van der Waals surface area contributed by atoms with Gasteiger partial charge in [-0.25, -0.2) is 9.59 Å². The summed E-state index contributed by atoms with van der Waals surface area (Å²) in [5.41, 5.74) is 1.26. The summed E-state index contributed by atoms with van der Waals surface area (Å²) in [6.07, 6.45) is 7.78. The lowest BCUT2D eigenvalue weighted by Gasteiger charge is -2.22. The van der Waals surface area contributed by atoms with Gasteiger partial charge in [-0.1, -0.05) is 30.9 Å². The van der Waals surface area contributed by atoms with Crippen molar-refractivity contribution >= 4 is 35.6 Å². The van der Waals surface area contributed by atoms with Gasteiger partial charge in [0.15, 0.2) is 6.61 Å². The average molecular weight is 383 g/mol. The van der Waals surface area contributed by atoms with E-state index >= 15 is 0 Å². The van der Waals surface area contributed by atoms with E-state index in [2.05, 4.69) is 15.7 Å². The van der Waals surface area contributed by atoms with E-state index in [1.54, 1.807) is 14.0 Å². The number of urea groups is 1. The standard InChI is InChI=1S/C17H23ClN4O4/c1-11-13(16(18)22(2)21-11)8-9-15(24)26-10-14(23)20-17(25)19-12-6-4-3-5-7-12/h8-9,12H,3-7,10H2,1-2H3,(H2,19,20,23,25)/b9-8+. The highest BCUT2D eigenvalue weighted by Gasteiger charge is 2.17. The van der Waals surface area contributed by atoms with Gasteiger partial charge in [-0.2, -0.15) is 5.10 Å². The first kappa shape index (κ1) is 20.0. The van der Waals surface area contributed by atoms with Gasteiger partial charge in [-0.3, -0.25) is 14.8 Å². The molecule has 0 radical (unpaired) electrons. The van der Waals surface area contributed by atoms with Gasteiger partial charge in [0.25, 0.3) is 5.91 Å². The van der Waals surface area contributed by atoms with Crippen LogP contribution >= 0.6 is 11.6 Å². The molecule has 0 spiro atoms. The number of imide groups is 1. The van der Waals surface area contributed by atoms with Crippen LogP contribution in [0.25, 0.3) is 6.08 Å². The van der Waals surface area contributed by atoms with Gasteiger partial charge < -0.3 is 10.1 Å². The van der Waals surface area contributed by atoms with E-state index in [0.29, 0.717) is 16.4 Å². The summed E-state index contributed by atoms with van der Waals surface area (Å²) >= 11 is 6.05. The van der Waals surface area contributed by atoms with E-state index in [1.165, 1.54) is 17.2 Å². The Morgan fingerprint density at radius 2 is 2.00 bits per heavy atom. The van der Waals surface area contributed by atoms with Gasteiger partial charge in [-0.15, -0.1) is 0 Å². The molecule has 1 aliphatic rings. The van der Waals surface area contributed by atoms with Crippen LogP contribution in [-0.2, 0) is 21.4 Å². The molecule has 0 aromatic carbocycles. The molecule has 1 saturated carbocycles. The summed E-state index contributed by atoms with van der Waals surface area (Å²) in [7, 11) is 1.69. The topological polar surface area (TPSA) is 102 Å². The Morgan fingerprint density at radius 1 is 1.31 bits per heavy atom. The van der Waals surface area contributed by atoms with Crippen LogP contribution in [0.4, 0.5) is 4.79 Å². The molecule has 0 bridgehead atoms. The largest absolute Gasteiger partial charge is 0.452 e. The highest BCUT2D eigenvalue weighted by molar-refractivity contribution is 6.31. The highest BCUT2D eigenvalue weighted by atomic mass is 35.5. The van der Waals surface area contributed by atoms with Crippen molar-refractivity contribution in [3.05, 3.63) is 22.5 Å². The van der Waals surface area contributed by atoms with Crippen LogP contribution in [0.15, 0.2) is 6.08 Å². The van der Waals surface area contributed by atoms with Crippen molar-refractivity contribution in [2.45, 2.75) is 45.1 Å². The molecule has 2 rings (SSSR count). The molecule has 1 aromatic rings. The predicted molar refractivity (Wildman–Crippen MR) is 96.5 cm³/mol.